The molecule has 3 aromatic rings. The molecule has 0 unspecified atom stereocenters. The lowest BCUT2D eigenvalue weighted by Crippen LogP contribution is -2.30. The van der Waals surface area contributed by atoms with E-state index in [4.69, 9.17) is 0 Å². The maximum absolute atomic E-state index is 13.3. The van der Waals surface area contributed by atoms with Crippen LogP contribution in [0.3, 0.4) is 0 Å². The van der Waals surface area contributed by atoms with Crippen LogP contribution in [0.15, 0.2) is 36.8 Å². The molecule has 3 heterocycles. The molecule has 1 aliphatic rings. The van der Waals surface area contributed by atoms with Crippen LogP contribution in [-0.4, -0.2) is 28.5 Å². The number of rotatable bonds is 2. The van der Waals surface area contributed by atoms with Crippen molar-refractivity contribution in [1.82, 2.24) is 15.0 Å². The van der Waals surface area contributed by atoms with Crippen LogP contribution in [0.4, 0.5) is 24.7 Å². The normalized spacial score (nSPS) is 17.6. The number of H-pyrrole nitrogens is 1. The summed E-state index contributed by atoms with van der Waals surface area (Å²) < 4.78 is 39.9. The quantitative estimate of drug-likeness (QED) is 0.736. The molecule has 0 spiro atoms. The van der Waals surface area contributed by atoms with Gasteiger partial charge in [0.25, 0.3) is 0 Å². The van der Waals surface area contributed by atoms with Gasteiger partial charge >= 0.3 is 6.18 Å². The second kappa shape index (κ2) is 5.65. The first-order valence-corrected chi connectivity index (χ1v) is 7.91. The van der Waals surface area contributed by atoms with Crippen molar-refractivity contribution in [1.29, 1.82) is 0 Å². The van der Waals surface area contributed by atoms with Gasteiger partial charge in [0.1, 0.15) is 17.8 Å². The van der Waals surface area contributed by atoms with Crippen molar-refractivity contribution in [3.05, 3.63) is 47.9 Å². The molecule has 1 aliphatic heterocycles. The topological polar surface area (TPSA) is 56.8 Å². The minimum absolute atomic E-state index is 0.0218. The molecular weight excluding hydrogens is 331 g/mol. The van der Waals surface area contributed by atoms with Gasteiger partial charge in [-0.25, -0.2) is 9.97 Å². The van der Waals surface area contributed by atoms with Crippen molar-refractivity contribution in [3.8, 4) is 0 Å². The average molecular weight is 347 g/mol. The van der Waals surface area contributed by atoms with Gasteiger partial charge in [0, 0.05) is 25.5 Å². The Hall–Kier alpha value is -2.77. The van der Waals surface area contributed by atoms with Gasteiger partial charge in [0.2, 0.25) is 0 Å². The summed E-state index contributed by atoms with van der Waals surface area (Å²) in [5.74, 6) is 0.197. The number of para-hydroxylation sites is 1. The van der Waals surface area contributed by atoms with E-state index in [1.807, 2.05) is 31.3 Å². The summed E-state index contributed by atoms with van der Waals surface area (Å²) >= 11 is 0. The standard InChI is InChI=1S/C17H16F3N5/c1-25-7-6-12(10-4-2-3-5-13(10)25)24-16-14-11(17(18,19)20)8-21-15(14)22-9-23-16/h2-5,8-9,12H,6-7H2,1H3,(H2,21,22,23,24)/t12-/m0/s1. The molecule has 4 rings (SSSR count). The number of halogens is 3. The molecule has 0 saturated carbocycles. The minimum atomic E-state index is -4.47. The van der Waals surface area contributed by atoms with Crippen molar-refractivity contribution in [3.63, 3.8) is 0 Å². The zero-order chi connectivity index (χ0) is 17.6. The minimum Gasteiger partial charge on any atom is -0.374 e. The van der Waals surface area contributed by atoms with Crippen molar-refractivity contribution in [2.45, 2.75) is 18.6 Å². The van der Waals surface area contributed by atoms with E-state index in [-0.39, 0.29) is 22.9 Å². The predicted molar refractivity (Wildman–Crippen MR) is 89.6 cm³/mol. The van der Waals surface area contributed by atoms with E-state index >= 15 is 0 Å². The Morgan fingerprint density at radius 1 is 1.24 bits per heavy atom. The van der Waals surface area contributed by atoms with E-state index in [1.165, 1.54) is 6.33 Å². The summed E-state index contributed by atoms with van der Waals surface area (Å²) in [7, 11) is 2.01. The van der Waals surface area contributed by atoms with Crippen LogP contribution in [0.2, 0.25) is 0 Å². The first-order chi connectivity index (χ1) is 11.9. The van der Waals surface area contributed by atoms with Crippen LogP contribution in [0.5, 0.6) is 0 Å². The van der Waals surface area contributed by atoms with Gasteiger partial charge in [-0.2, -0.15) is 13.2 Å². The second-order valence-electron chi connectivity index (χ2n) is 6.11. The van der Waals surface area contributed by atoms with Gasteiger partial charge in [-0.1, -0.05) is 18.2 Å². The van der Waals surface area contributed by atoms with E-state index < -0.39 is 11.7 Å². The molecule has 2 N–H and O–H groups in total. The molecule has 0 radical (unpaired) electrons. The van der Waals surface area contributed by atoms with Crippen LogP contribution in [-0.2, 0) is 6.18 Å². The summed E-state index contributed by atoms with van der Waals surface area (Å²) in [6.45, 7) is 0.808. The van der Waals surface area contributed by atoms with E-state index in [0.717, 1.165) is 30.4 Å². The number of nitrogens with zero attached hydrogens (tertiary/aromatic N) is 3. The maximum atomic E-state index is 13.3. The third-order valence-corrected chi connectivity index (χ3v) is 4.56. The van der Waals surface area contributed by atoms with Gasteiger partial charge < -0.3 is 15.2 Å². The fraction of sp³-hybridized carbons (Fsp3) is 0.294. The van der Waals surface area contributed by atoms with Crippen LogP contribution in [0, 0.1) is 0 Å². The first-order valence-electron chi connectivity index (χ1n) is 7.91. The van der Waals surface area contributed by atoms with Crippen molar-refractivity contribution < 1.29 is 13.2 Å². The van der Waals surface area contributed by atoms with Crippen molar-refractivity contribution in [2.75, 3.05) is 23.8 Å². The Balaban J connectivity index is 1.77. The van der Waals surface area contributed by atoms with Gasteiger partial charge in [0.05, 0.1) is 17.0 Å². The Morgan fingerprint density at radius 3 is 2.84 bits per heavy atom. The molecule has 8 heteroatoms. The molecule has 25 heavy (non-hydrogen) atoms. The SMILES string of the molecule is CN1CC[C@H](Nc2ncnc3[nH]cc(C(F)(F)F)c23)c2ccccc21. The average Bonchev–Trinajstić information content (AvgIpc) is 3.03. The predicted octanol–water partition coefficient (Wildman–Crippen LogP) is 3.97. The first kappa shape index (κ1) is 15.7. The van der Waals surface area contributed by atoms with E-state index in [0.29, 0.717) is 0 Å². The highest BCUT2D eigenvalue weighted by molar-refractivity contribution is 5.91. The third kappa shape index (κ3) is 2.67. The number of hydrogen-bond donors (Lipinski definition) is 2. The van der Waals surface area contributed by atoms with Crippen LogP contribution in [0.25, 0.3) is 11.0 Å². The molecular formula is C17H16F3N5. The Labute approximate surface area is 141 Å². The lowest BCUT2D eigenvalue weighted by molar-refractivity contribution is -0.136. The molecule has 1 aromatic carbocycles. The van der Waals surface area contributed by atoms with E-state index in [9.17, 15) is 13.2 Å². The summed E-state index contributed by atoms with van der Waals surface area (Å²) in [5.41, 5.74) is 1.53. The van der Waals surface area contributed by atoms with Crippen LogP contribution < -0.4 is 10.2 Å². The lowest BCUT2D eigenvalue weighted by atomic mass is 9.96. The summed E-state index contributed by atoms with van der Waals surface area (Å²) in [5, 5.41) is 3.18. The molecule has 0 bridgehead atoms. The van der Waals surface area contributed by atoms with Gasteiger partial charge in [0.15, 0.2) is 0 Å². The summed E-state index contributed by atoms with van der Waals surface area (Å²) in [6.07, 6.45) is -1.50. The molecule has 5 nitrogen and oxygen atoms in total. The Kier molecular flexibility index (Phi) is 3.55. The number of fused-ring (bicyclic) bond motifs is 2. The van der Waals surface area contributed by atoms with Gasteiger partial charge in [-0.05, 0) is 18.1 Å². The molecule has 2 aromatic heterocycles. The smallest absolute Gasteiger partial charge is 0.374 e. The molecule has 0 saturated heterocycles. The highest BCUT2D eigenvalue weighted by Gasteiger charge is 2.35. The van der Waals surface area contributed by atoms with Crippen molar-refractivity contribution >= 4 is 22.5 Å². The van der Waals surface area contributed by atoms with E-state index in [1.54, 1.807) is 0 Å². The number of aromatic nitrogens is 3. The zero-order valence-corrected chi connectivity index (χ0v) is 13.4. The number of benzene rings is 1. The molecule has 0 fully saturated rings. The Bertz CT molecular complexity index is 918. The highest BCUT2D eigenvalue weighted by Crippen LogP contribution is 2.39. The zero-order valence-electron chi connectivity index (χ0n) is 13.4. The third-order valence-electron chi connectivity index (χ3n) is 4.56. The molecule has 1 atom stereocenters. The summed E-state index contributed by atoms with van der Waals surface area (Å²) in [6, 6.07) is 7.77. The molecule has 130 valence electrons. The summed E-state index contributed by atoms with van der Waals surface area (Å²) in [4.78, 5) is 12.7. The lowest BCUT2D eigenvalue weighted by Gasteiger charge is -2.33. The van der Waals surface area contributed by atoms with Crippen LogP contribution in [0.1, 0.15) is 23.6 Å². The van der Waals surface area contributed by atoms with Crippen molar-refractivity contribution in [2.24, 2.45) is 0 Å². The number of hydrogen-bond acceptors (Lipinski definition) is 4. The highest BCUT2D eigenvalue weighted by atomic mass is 19.4. The molecule has 0 amide bonds. The second-order valence-corrected chi connectivity index (χ2v) is 6.11. The Morgan fingerprint density at radius 2 is 2.04 bits per heavy atom. The van der Waals surface area contributed by atoms with Crippen LogP contribution >= 0.6 is 0 Å². The fourth-order valence-electron chi connectivity index (χ4n) is 3.34. The number of aromatic amines is 1. The fourth-order valence-corrected chi connectivity index (χ4v) is 3.34. The molecule has 0 aliphatic carbocycles. The van der Waals surface area contributed by atoms with Gasteiger partial charge in [-0.15, -0.1) is 0 Å². The largest absolute Gasteiger partial charge is 0.418 e. The van der Waals surface area contributed by atoms with Gasteiger partial charge in [-0.3, -0.25) is 0 Å². The number of anilines is 2. The number of nitrogens with one attached hydrogen (secondary N) is 2. The maximum Gasteiger partial charge on any atom is 0.418 e. The van der Waals surface area contributed by atoms with E-state index in [2.05, 4.69) is 25.2 Å². The number of alkyl halides is 3. The monoisotopic (exact) mass is 347 g/mol.